The monoisotopic (exact) mass is 314 g/mol. The highest BCUT2D eigenvalue weighted by molar-refractivity contribution is 5.69. The standard InChI is InChI=1S/C19H38O3/c1-3-4-5-6-7-8-9-10-11-12-13-14-15-16-18(20)17-19(21)22-2/h18,20H,3-17H2,1-2H3. The predicted molar refractivity (Wildman–Crippen MR) is 93.0 cm³/mol. The quantitative estimate of drug-likeness (QED) is 0.307. The van der Waals surface area contributed by atoms with E-state index in [1.807, 2.05) is 0 Å². The van der Waals surface area contributed by atoms with Gasteiger partial charge in [0.1, 0.15) is 0 Å². The molecule has 0 aliphatic rings. The van der Waals surface area contributed by atoms with E-state index in [1.54, 1.807) is 0 Å². The van der Waals surface area contributed by atoms with Gasteiger partial charge in [-0.2, -0.15) is 0 Å². The van der Waals surface area contributed by atoms with Gasteiger partial charge in [0.25, 0.3) is 0 Å². The van der Waals surface area contributed by atoms with Crippen molar-refractivity contribution in [3.8, 4) is 0 Å². The van der Waals surface area contributed by atoms with Crippen LogP contribution in [0, 0.1) is 0 Å². The maximum Gasteiger partial charge on any atom is 0.308 e. The average Bonchev–Trinajstić information content (AvgIpc) is 2.51. The van der Waals surface area contributed by atoms with E-state index >= 15 is 0 Å². The van der Waals surface area contributed by atoms with Gasteiger partial charge in [0.2, 0.25) is 0 Å². The molecular weight excluding hydrogens is 276 g/mol. The maximum atomic E-state index is 11.0. The van der Waals surface area contributed by atoms with Gasteiger partial charge in [0, 0.05) is 0 Å². The number of unbranched alkanes of at least 4 members (excludes halogenated alkanes) is 12. The molecule has 0 aliphatic carbocycles. The van der Waals surface area contributed by atoms with E-state index < -0.39 is 6.10 Å². The minimum Gasteiger partial charge on any atom is -0.469 e. The summed E-state index contributed by atoms with van der Waals surface area (Å²) in [4.78, 5) is 11.0. The predicted octanol–water partition coefficient (Wildman–Crippen LogP) is 5.39. The lowest BCUT2D eigenvalue weighted by Gasteiger charge is -2.08. The van der Waals surface area contributed by atoms with Gasteiger partial charge in [-0.15, -0.1) is 0 Å². The zero-order valence-corrected chi connectivity index (χ0v) is 14.9. The molecule has 132 valence electrons. The number of hydrogen-bond acceptors (Lipinski definition) is 3. The average molecular weight is 315 g/mol. The Morgan fingerprint density at radius 3 is 1.64 bits per heavy atom. The molecule has 0 heterocycles. The first-order valence-corrected chi connectivity index (χ1v) is 9.45. The number of methoxy groups -OCH3 is 1. The van der Waals surface area contributed by atoms with Crippen molar-refractivity contribution in [1.29, 1.82) is 0 Å². The molecule has 1 unspecified atom stereocenters. The molecule has 0 spiro atoms. The van der Waals surface area contributed by atoms with Crippen LogP contribution in [0.3, 0.4) is 0 Å². The summed E-state index contributed by atoms with van der Waals surface area (Å²) in [5, 5.41) is 9.63. The molecule has 0 bridgehead atoms. The van der Waals surface area contributed by atoms with Crippen LogP contribution < -0.4 is 0 Å². The Morgan fingerprint density at radius 1 is 0.818 bits per heavy atom. The molecule has 3 nitrogen and oxygen atoms in total. The second-order valence-corrected chi connectivity index (χ2v) is 6.47. The summed E-state index contributed by atoms with van der Waals surface area (Å²) in [5.74, 6) is -0.317. The topological polar surface area (TPSA) is 46.5 Å². The molecule has 0 aromatic rings. The fraction of sp³-hybridized carbons (Fsp3) is 0.947. The molecule has 22 heavy (non-hydrogen) atoms. The number of esters is 1. The minimum atomic E-state index is -0.528. The Hall–Kier alpha value is -0.570. The summed E-state index contributed by atoms with van der Waals surface area (Å²) in [5.41, 5.74) is 0. The summed E-state index contributed by atoms with van der Waals surface area (Å²) < 4.78 is 4.54. The van der Waals surface area contributed by atoms with E-state index in [1.165, 1.54) is 77.7 Å². The summed E-state index contributed by atoms with van der Waals surface area (Å²) >= 11 is 0. The largest absolute Gasteiger partial charge is 0.469 e. The third-order valence-corrected chi connectivity index (χ3v) is 4.27. The molecule has 0 fully saturated rings. The Morgan fingerprint density at radius 2 is 1.23 bits per heavy atom. The number of hydrogen-bond donors (Lipinski definition) is 1. The molecule has 0 aliphatic heterocycles. The van der Waals surface area contributed by atoms with Crippen LogP contribution in [0.5, 0.6) is 0 Å². The number of aliphatic hydroxyl groups is 1. The first-order chi connectivity index (χ1) is 10.7. The van der Waals surface area contributed by atoms with E-state index in [0.717, 1.165) is 12.8 Å². The second kappa shape index (κ2) is 16.8. The Kier molecular flexibility index (Phi) is 16.4. The smallest absolute Gasteiger partial charge is 0.308 e. The number of rotatable bonds is 16. The lowest BCUT2D eigenvalue weighted by atomic mass is 10.0. The van der Waals surface area contributed by atoms with Crippen molar-refractivity contribution in [2.75, 3.05) is 7.11 Å². The Bertz CT molecular complexity index is 241. The molecule has 0 amide bonds. The minimum absolute atomic E-state index is 0.134. The molecule has 0 aromatic heterocycles. The molecule has 1 atom stereocenters. The van der Waals surface area contributed by atoms with E-state index in [9.17, 15) is 9.90 Å². The number of carbonyl (C=O) groups excluding carboxylic acids is 1. The Labute approximate surface area is 137 Å². The normalized spacial score (nSPS) is 12.3. The Balaban J connectivity index is 3.12. The zero-order chi connectivity index (χ0) is 16.5. The second-order valence-electron chi connectivity index (χ2n) is 6.47. The van der Waals surface area contributed by atoms with Crippen LogP contribution in [0.25, 0.3) is 0 Å². The van der Waals surface area contributed by atoms with E-state index in [2.05, 4.69) is 11.7 Å². The molecule has 1 N–H and O–H groups in total. The van der Waals surface area contributed by atoms with E-state index in [4.69, 9.17) is 0 Å². The maximum absolute atomic E-state index is 11.0. The van der Waals surface area contributed by atoms with Crippen molar-refractivity contribution in [2.45, 2.75) is 109 Å². The van der Waals surface area contributed by atoms with Crippen LogP contribution in [0.4, 0.5) is 0 Å². The van der Waals surface area contributed by atoms with Gasteiger partial charge in [-0.25, -0.2) is 0 Å². The molecule has 0 saturated carbocycles. The van der Waals surface area contributed by atoms with Crippen LogP contribution >= 0.6 is 0 Å². The van der Waals surface area contributed by atoms with Crippen LogP contribution in [0.15, 0.2) is 0 Å². The van der Waals surface area contributed by atoms with Crippen molar-refractivity contribution < 1.29 is 14.6 Å². The van der Waals surface area contributed by atoms with Crippen molar-refractivity contribution in [2.24, 2.45) is 0 Å². The highest BCUT2D eigenvalue weighted by Crippen LogP contribution is 2.13. The SMILES string of the molecule is CCCCCCCCCCCCCCCC(O)CC(=O)OC. The van der Waals surface area contributed by atoms with Gasteiger partial charge in [-0.1, -0.05) is 90.4 Å². The number of carbonyl (C=O) groups is 1. The fourth-order valence-corrected chi connectivity index (χ4v) is 2.78. The van der Waals surface area contributed by atoms with Gasteiger partial charge in [0.15, 0.2) is 0 Å². The first-order valence-electron chi connectivity index (χ1n) is 9.45. The van der Waals surface area contributed by atoms with E-state index in [0.29, 0.717) is 6.42 Å². The van der Waals surface area contributed by atoms with Crippen molar-refractivity contribution in [1.82, 2.24) is 0 Å². The van der Waals surface area contributed by atoms with Gasteiger partial charge in [-0.05, 0) is 6.42 Å². The van der Waals surface area contributed by atoms with Gasteiger partial charge in [0.05, 0.1) is 19.6 Å². The van der Waals surface area contributed by atoms with Crippen LogP contribution in [0.2, 0.25) is 0 Å². The van der Waals surface area contributed by atoms with Gasteiger partial charge in [-0.3, -0.25) is 4.79 Å². The first kappa shape index (κ1) is 21.4. The summed E-state index contributed by atoms with van der Waals surface area (Å²) in [7, 11) is 1.36. The number of aliphatic hydroxyl groups excluding tert-OH is 1. The van der Waals surface area contributed by atoms with Crippen molar-refractivity contribution in [3.05, 3.63) is 0 Å². The lowest BCUT2D eigenvalue weighted by Crippen LogP contribution is -2.14. The fourth-order valence-electron chi connectivity index (χ4n) is 2.78. The molecule has 0 aromatic carbocycles. The summed E-state index contributed by atoms with van der Waals surface area (Å²) in [6.07, 6.45) is 17.6. The van der Waals surface area contributed by atoms with Gasteiger partial charge < -0.3 is 9.84 Å². The summed E-state index contributed by atoms with van der Waals surface area (Å²) in [6, 6.07) is 0. The highest BCUT2D eigenvalue weighted by Gasteiger charge is 2.09. The van der Waals surface area contributed by atoms with Crippen LogP contribution in [-0.4, -0.2) is 24.3 Å². The molecular formula is C19H38O3. The van der Waals surface area contributed by atoms with Crippen molar-refractivity contribution in [3.63, 3.8) is 0 Å². The van der Waals surface area contributed by atoms with E-state index in [-0.39, 0.29) is 12.4 Å². The molecule has 0 radical (unpaired) electrons. The third kappa shape index (κ3) is 15.8. The van der Waals surface area contributed by atoms with Crippen molar-refractivity contribution >= 4 is 5.97 Å². The van der Waals surface area contributed by atoms with Crippen LogP contribution in [0.1, 0.15) is 103 Å². The highest BCUT2D eigenvalue weighted by atomic mass is 16.5. The van der Waals surface area contributed by atoms with Crippen LogP contribution in [-0.2, 0) is 9.53 Å². The lowest BCUT2D eigenvalue weighted by molar-refractivity contribution is -0.142. The molecule has 3 heteroatoms. The van der Waals surface area contributed by atoms with Gasteiger partial charge >= 0.3 is 5.97 Å². The summed E-state index contributed by atoms with van der Waals surface area (Å²) in [6.45, 7) is 2.26. The zero-order valence-electron chi connectivity index (χ0n) is 14.9. The number of ether oxygens (including phenoxy) is 1. The molecule has 0 rings (SSSR count). The third-order valence-electron chi connectivity index (χ3n) is 4.27. The molecule has 0 saturated heterocycles.